The van der Waals surface area contributed by atoms with Crippen molar-refractivity contribution in [1.29, 1.82) is 0 Å². The van der Waals surface area contributed by atoms with Crippen molar-refractivity contribution in [2.75, 3.05) is 0 Å². The number of nitrogens with zero attached hydrogens (tertiary/aromatic N) is 1. The topological polar surface area (TPSA) is 41.3 Å². The minimum Gasteiger partial charge on any atom is -0.337 e. The summed E-state index contributed by atoms with van der Waals surface area (Å²) in [5, 5.41) is 2.77. The Balaban J connectivity index is 4.48. The lowest BCUT2D eigenvalue weighted by molar-refractivity contribution is 0.813. The highest BCUT2D eigenvalue weighted by Gasteiger charge is 2.11. The van der Waals surface area contributed by atoms with Gasteiger partial charge < -0.3 is 9.76 Å². The molecule has 0 amide bonds. The predicted octanol–water partition coefficient (Wildman–Crippen LogP) is 1.49. The van der Waals surface area contributed by atoms with Crippen LogP contribution in [0.4, 0.5) is 0 Å². The summed E-state index contributed by atoms with van der Waals surface area (Å²) in [4.78, 5) is 0. The summed E-state index contributed by atoms with van der Waals surface area (Å²) in [5.74, 6) is 0. The molecule has 0 saturated heterocycles. The molecule has 0 fully saturated rings. The van der Waals surface area contributed by atoms with E-state index >= 15 is 0 Å². The van der Waals surface area contributed by atoms with Crippen LogP contribution in [0, 0.1) is 0 Å². The zero-order chi connectivity index (χ0) is 8.91. The molecule has 3 N–H and O–H groups in total. The third-order valence-corrected chi connectivity index (χ3v) is 3.44. The summed E-state index contributed by atoms with van der Waals surface area (Å²) in [6.07, 6.45) is 4.54. The molecule has 0 radical (unpaired) electrons. The van der Waals surface area contributed by atoms with Crippen LogP contribution in [0.2, 0.25) is 0 Å². The molecular weight excluding hydrogens is 177 g/mol. The number of rotatable bonds is 5. The van der Waals surface area contributed by atoms with E-state index in [0.29, 0.717) is 0 Å². The second-order valence-corrected chi connectivity index (χ2v) is 5.34. The van der Waals surface area contributed by atoms with Crippen molar-refractivity contribution < 1.29 is 0 Å². The van der Waals surface area contributed by atoms with Gasteiger partial charge in [-0.3, -0.25) is 5.50 Å². The molecule has 0 aromatic rings. The van der Waals surface area contributed by atoms with Crippen LogP contribution >= 0.6 is 6.49 Å². The fourth-order valence-electron chi connectivity index (χ4n) is 0.515. The second kappa shape index (κ2) is 4.34. The van der Waals surface area contributed by atoms with Gasteiger partial charge in [0.2, 0.25) is 0 Å². The van der Waals surface area contributed by atoms with Crippen LogP contribution in [0.1, 0.15) is 0 Å². The average Bonchev–Trinajstić information content (AvgIpc) is 1.89. The van der Waals surface area contributed by atoms with Gasteiger partial charge in [0, 0.05) is 12.4 Å². The summed E-state index contributed by atoms with van der Waals surface area (Å²) in [6.45, 7) is 8.32. The third kappa shape index (κ3) is 2.89. The van der Waals surface area contributed by atoms with Crippen molar-refractivity contribution in [3.05, 3.63) is 38.3 Å². The van der Waals surface area contributed by atoms with E-state index in [0.717, 1.165) is 0 Å². The van der Waals surface area contributed by atoms with Gasteiger partial charge in [-0.1, -0.05) is 19.7 Å². The largest absolute Gasteiger partial charge is 0.337 e. The van der Waals surface area contributed by atoms with E-state index in [4.69, 9.17) is 17.3 Å². The summed E-state index contributed by atoms with van der Waals surface area (Å²) >= 11 is 5.05. The lowest BCUT2D eigenvalue weighted by Gasteiger charge is -2.26. The van der Waals surface area contributed by atoms with Gasteiger partial charge in [0.25, 0.3) is 0 Å². The highest BCUT2D eigenvalue weighted by Crippen LogP contribution is 2.36. The van der Waals surface area contributed by atoms with Crippen molar-refractivity contribution in [3.8, 4) is 0 Å². The maximum Gasteiger partial charge on any atom is 0.189 e. The summed E-state index contributed by atoms with van der Waals surface area (Å²) in [5.41, 5.74) is 5.72. The summed E-state index contributed by atoms with van der Waals surface area (Å²) in [6, 6.07) is 0. The second-order valence-electron chi connectivity index (χ2n) is 1.70. The van der Waals surface area contributed by atoms with Gasteiger partial charge in [-0.2, -0.15) is 0 Å². The molecule has 0 aromatic heterocycles. The first-order valence-electron chi connectivity index (χ1n) is 2.89. The van der Waals surface area contributed by atoms with E-state index in [9.17, 15) is 0 Å². The van der Waals surface area contributed by atoms with E-state index in [-0.39, 0.29) is 0 Å². The van der Waals surface area contributed by atoms with Crippen molar-refractivity contribution >= 4 is 18.3 Å². The number of hydrogen-bond acceptors (Lipinski definition) is 1. The Bertz CT molecular complexity index is 206. The zero-order valence-electron chi connectivity index (χ0n) is 6.23. The van der Waals surface area contributed by atoms with Gasteiger partial charge >= 0.3 is 0 Å². The molecule has 0 bridgehead atoms. The van der Waals surface area contributed by atoms with Crippen LogP contribution in [0.5, 0.6) is 0 Å². The summed E-state index contributed by atoms with van der Waals surface area (Å²) in [7, 11) is 0. The van der Waals surface area contributed by atoms with Gasteiger partial charge in [0.05, 0.1) is 0 Å². The lowest BCUT2D eigenvalue weighted by Crippen LogP contribution is -2.21. The van der Waals surface area contributed by atoms with Gasteiger partial charge in [-0.15, -0.1) is 0 Å². The minimum atomic E-state index is -2.24. The van der Waals surface area contributed by atoms with Crippen LogP contribution < -0.4 is 10.6 Å². The van der Waals surface area contributed by atoms with Gasteiger partial charge in [-0.05, 0) is 18.0 Å². The molecule has 62 valence electrons. The molecule has 0 aliphatic heterocycles. The Hall–Kier alpha value is -0.570. The molecule has 1 unspecified atom stereocenters. The van der Waals surface area contributed by atoms with Crippen LogP contribution in [0.25, 0.3) is 0 Å². The zero-order valence-corrected chi connectivity index (χ0v) is 7.94. The predicted molar refractivity (Wildman–Crippen MR) is 54.0 cm³/mol. The Morgan fingerprint density at radius 3 is 2.09 bits per heavy atom. The molecule has 0 spiro atoms. The third-order valence-electron chi connectivity index (χ3n) is 0.993. The van der Waals surface area contributed by atoms with E-state index in [1.54, 1.807) is 4.67 Å². The van der Waals surface area contributed by atoms with Crippen molar-refractivity contribution in [3.63, 3.8) is 0 Å². The Kier molecular flexibility index (Phi) is 4.11. The van der Waals surface area contributed by atoms with Crippen molar-refractivity contribution in [2.45, 2.75) is 0 Å². The fraction of sp³-hybridized carbons (Fsp3) is 0. The van der Waals surface area contributed by atoms with E-state index in [1.165, 1.54) is 18.6 Å². The SMILES string of the molecule is C=CNP(N)(=S)N(C=C)C=C. The van der Waals surface area contributed by atoms with Crippen molar-refractivity contribution in [2.24, 2.45) is 5.50 Å². The van der Waals surface area contributed by atoms with Crippen LogP contribution in [0.3, 0.4) is 0 Å². The Morgan fingerprint density at radius 2 is 1.82 bits per heavy atom. The van der Waals surface area contributed by atoms with Gasteiger partial charge in [-0.25, -0.2) is 0 Å². The molecule has 5 heteroatoms. The first-order valence-corrected chi connectivity index (χ1v) is 5.72. The molecule has 3 nitrogen and oxygen atoms in total. The summed E-state index contributed by atoms with van der Waals surface area (Å²) < 4.78 is 1.57. The molecule has 1 atom stereocenters. The molecule has 11 heavy (non-hydrogen) atoms. The van der Waals surface area contributed by atoms with E-state index < -0.39 is 6.49 Å². The smallest absolute Gasteiger partial charge is 0.189 e. The van der Waals surface area contributed by atoms with Crippen molar-refractivity contribution in [1.82, 2.24) is 9.76 Å². The molecule has 0 saturated carbocycles. The Labute approximate surface area is 72.4 Å². The minimum absolute atomic E-state index is 1.47. The first-order chi connectivity index (χ1) is 5.08. The monoisotopic (exact) mass is 189 g/mol. The fourth-order valence-corrected chi connectivity index (χ4v) is 2.02. The molecular formula is C6H12N3PS. The number of hydrogen-bond donors (Lipinski definition) is 2. The van der Waals surface area contributed by atoms with Crippen LogP contribution in [0.15, 0.2) is 38.3 Å². The molecule has 0 heterocycles. The maximum atomic E-state index is 5.72. The standard InChI is InChI=1S/C6H12N3PS/c1-4-8-10(7,11)9(5-2)6-3/h4-6H,1-3H2,(H3,7,8,11). The first kappa shape index (κ1) is 10.4. The van der Waals surface area contributed by atoms with Gasteiger partial charge in [0.1, 0.15) is 0 Å². The normalized spacial score (nSPS) is 14.3. The average molecular weight is 189 g/mol. The molecule has 0 aromatic carbocycles. The van der Waals surface area contributed by atoms with Gasteiger partial charge in [0.15, 0.2) is 6.49 Å². The number of nitrogens with one attached hydrogen (secondary N) is 1. The maximum absolute atomic E-state index is 5.72. The number of nitrogens with two attached hydrogens (primary N) is 1. The molecule has 0 rings (SSSR count). The highest BCUT2D eigenvalue weighted by molar-refractivity contribution is 8.11. The van der Waals surface area contributed by atoms with E-state index in [2.05, 4.69) is 24.8 Å². The molecule has 0 aliphatic carbocycles. The molecule has 0 aliphatic rings. The highest BCUT2D eigenvalue weighted by atomic mass is 32.4. The van der Waals surface area contributed by atoms with E-state index in [1.807, 2.05) is 0 Å². The van der Waals surface area contributed by atoms with Crippen LogP contribution in [-0.2, 0) is 11.8 Å². The van der Waals surface area contributed by atoms with Crippen LogP contribution in [-0.4, -0.2) is 4.67 Å². The lowest BCUT2D eigenvalue weighted by atomic mass is 10.9. The Morgan fingerprint density at radius 1 is 1.36 bits per heavy atom. The quantitative estimate of drug-likeness (QED) is 0.643.